The molecule has 1 aliphatic rings. The summed E-state index contributed by atoms with van der Waals surface area (Å²) in [4.78, 5) is 0. The van der Waals surface area contributed by atoms with Crippen molar-refractivity contribution in [2.75, 3.05) is 7.05 Å². The lowest BCUT2D eigenvalue weighted by Gasteiger charge is -2.36. The number of benzene rings is 2. The molecule has 3 aromatic rings. The van der Waals surface area contributed by atoms with Gasteiger partial charge in [0.1, 0.15) is 0 Å². The van der Waals surface area contributed by atoms with E-state index in [4.69, 9.17) is 23.2 Å². The Kier molecular flexibility index (Phi) is 4.21. The zero-order valence-corrected chi connectivity index (χ0v) is 15.0. The van der Waals surface area contributed by atoms with E-state index in [1.54, 1.807) is 0 Å². The minimum Gasteiger partial charge on any atom is -0.389 e. The fraction of sp³-hybridized carbons (Fsp3) is 0.368. The molecule has 1 fully saturated rings. The number of halogens is 2. The van der Waals surface area contributed by atoms with Gasteiger partial charge < -0.3 is 15.0 Å². The first-order valence-corrected chi connectivity index (χ1v) is 9.10. The van der Waals surface area contributed by atoms with Gasteiger partial charge in [-0.3, -0.25) is 0 Å². The van der Waals surface area contributed by atoms with Crippen LogP contribution >= 0.6 is 23.2 Å². The number of hydrogen-bond acceptors (Lipinski definition) is 2. The standard InChI is InChI=1S/C19H20Cl2N2O/c1-22-15-3-2-4-18(19(15)24)23-16-7-5-11(20)9-13(16)14-10-12(21)6-8-17(14)23/h5-10,15,18-19,22,24H,2-4H2,1H3. The van der Waals surface area contributed by atoms with Gasteiger partial charge in [-0.2, -0.15) is 0 Å². The monoisotopic (exact) mass is 362 g/mol. The average molecular weight is 363 g/mol. The second-order valence-electron chi connectivity index (χ2n) is 6.58. The highest BCUT2D eigenvalue weighted by molar-refractivity contribution is 6.33. The van der Waals surface area contributed by atoms with Gasteiger partial charge in [-0.15, -0.1) is 0 Å². The van der Waals surface area contributed by atoms with E-state index in [-0.39, 0.29) is 12.1 Å². The molecule has 3 nitrogen and oxygen atoms in total. The van der Waals surface area contributed by atoms with Crippen LogP contribution in [0.25, 0.3) is 21.8 Å². The van der Waals surface area contributed by atoms with Gasteiger partial charge in [0.25, 0.3) is 0 Å². The highest BCUT2D eigenvalue weighted by Gasteiger charge is 2.33. The number of aliphatic hydroxyl groups is 1. The third kappa shape index (κ3) is 2.51. The molecule has 126 valence electrons. The van der Waals surface area contributed by atoms with Crippen LogP contribution in [0.2, 0.25) is 10.0 Å². The van der Waals surface area contributed by atoms with Gasteiger partial charge in [-0.25, -0.2) is 0 Å². The Balaban J connectivity index is 1.99. The highest BCUT2D eigenvalue weighted by atomic mass is 35.5. The molecule has 3 atom stereocenters. The molecule has 0 amide bonds. The molecule has 2 N–H and O–H groups in total. The van der Waals surface area contributed by atoms with Crippen molar-refractivity contribution in [3.8, 4) is 0 Å². The van der Waals surface area contributed by atoms with Gasteiger partial charge in [-0.05, 0) is 62.7 Å². The predicted molar refractivity (Wildman–Crippen MR) is 101 cm³/mol. The molecule has 1 heterocycles. The smallest absolute Gasteiger partial charge is 0.0899 e. The van der Waals surface area contributed by atoms with Crippen LogP contribution in [-0.4, -0.2) is 28.9 Å². The van der Waals surface area contributed by atoms with Gasteiger partial charge in [0, 0.05) is 37.9 Å². The zero-order valence-electron chi connectivity index (χ0n) is 13.5. The molecular formula is C19H20Cl2N2O. The Morgan fingerprint density at radius 1 is 1.00 bits per heavy atom. The Morgan fingerprint density at radius 3 is 2.12 bits per heavy atom. The summed E-state index contributed by atoms with van der Waals surface area (Å²) in [5.74, 6) is 0. The van der Waals surface area contributed by atoms with Crippen molar-refractivity contribution in [1.29, 1.82) is 0 Å². The highest BCUT2D eigenvalue weighted by Crippen LogP contribution is 2.39. The first kappa shape index (κ1) is 16.2. The summed E-state index contributed by atoms with van der Waals surface area (Å²) in [6.45, 7) is 0. The molecule has 0 aliphatic heterocycles. The van der Waals surface area contributed by atoms with E-state index in [0.717, 1.165) is 41.1 Å². The van der Waals surface area contributed by atoms with E-state index in [2.05, 4.69) is 9.88 Å². The van der Waals surface area contributed by atoms with Crippen LogP contribution in [0.1, 0.15) is 25.3 Å². The average Bonchev–Trinajstić information content (AvgIpc) is 2.88. The van der Waals surface area contributed by atoms with E-state index < -0.39 is 6.10 Å². The maximum Gasteiger partial charge on any atom is 0.0899 e. The third-order valence-corrected chi connectivity index (χ3v) is 5.72. The Hall–Kier alpha value is -1.26. The molecule has 5 heteroatoms. The van der Waals surface area contributed by atoms with E-state index >= 15 is 0 Å². The number of rotatable bonds is 2. The lowest BCUT2D eigenvalue weighted by atomic mass is 9.88. The molecule has 4 rings (SSSR count). The number of likely N-dealkylation sites (N-methyl/N-ethyl adjacent to an activating group) is 1. The van der Waals surface area contributed by atoms with Crippen molar-refractivity contribution in [3.05, 3.63) is 46.4 Å². The Labute approximate surface area is 151 Å². The van der Waals surface area contributed by atoms with Crippen LogP contribution in [-0.2, 0) is 0 Å². The van der Waals surface area contributed by atoms with Crippen LogP contribution in [0.3, 0.4) is 0 Å². The molecule has 1 aromatic heterocycles. The molecule has 0 saturated heterocycles. The van der Waals surface area contributed by atoms with E-state index in [0.29, 0.717) is 10.0 Å². The minimum atomic E-state index is -0.422. The van der Waals surface area contributed by atoms with Crippen LogP contribution in [0.15, 0.2) is 36.4 Å². The third-order valence-electron chi connectivity index (χ3n) is 5.25. The molecule has 24 heavy (non-hydrogen) atoms. The molecular weight excluding hydrogens is 343 g/mol. The van der Waals surface area contributed by atoms with Crippen LogP contribution < -0.4 is 5.32 Å². The molecule has 1 saturated carbocycles. The zero-order chi connectivity index (χ0) is 16.8. The molecule has 0 radical (unpaired) electrons. The number of nitrogens with one attached hydrogen (secondary N) is 1. The summed E-state index contributed by atoms with van der Waals surface area (Å²) in [6.07, 6.45) is 2.64. The first-order chi connectivity index (χ1) is 11.6. The first-order valence-electron chi connectivity index (χ1n) is 8.34. The number of aromatic nitrogens is 1. The molecule has 0 bridgehead atoms. The van der Waals surface area contributed by atoms with E-state index in [1.165, 1.54) is 0 Å². The lowest BCUT2D eigenvalue weighted by molar-refractivity contribution is 0.0493. The number of aliphatic hydroxyl groups excluding tert-OH is 1. The van der Waals surface area contributed by atoms with E-state index in [9.17, 15) is 5.11 Å². The van der Waals surface area contributed by atoms with Gasteiger partial charge in [0.05, 0.1) is 12.1 Å². The summed E-state index contributed by atoms with van der Waals surface area (Å²) in [5.41, 5.74) is 2.19. The van der Waals surface area contributed by atoms with Crippen LogP contribution in [0.4, 0.5) is 0 Å². The number of nitrogens with zero attached hydrogens (tertiary/aromatic N) is 1. The topological polar surface area (TPSA) is 37.2 Å². The fourth-order valence-corrected chi connectivity index (χ4v) is 4.45. The van der Waals surface area contributed by atoms with Gasteiger partial charge in [-0.1, -0.05) is 23.2 Å². The summed E-state index contributed by atoms with van der Waals surface area (Å²) >= 11 is 12.5. The molecule has 2 aromatic carbocycles. The maximum atomic E-state index is 10.9. The quantitative estimate of drug-likeness (QED) is 0.688. The largest absolute Gasteiger partial charge is 0.389 e. The fourth-order valence-electron chi connectivity index (χ4n) is 4.11. The lowest BCUT2D eigenvalue weighted by Crippen LogP contribution is -2.45. The summed E-state index contributed by atoms with van der Waals surface area (Å²) in [5, 5.41) is 17.7. The summed E-state index contributed by atoms with van der Waals surface area (Å²) in [7, 11) is 1.92. The molecule has 0 spiro atoms. The van der Waals surface area contributed by atoms with Crippen LogP contribution in [0.5, 0.6) is 0 Å². The van der Waals surface area contributed by atoms with Crippen molar-refractivity contribution in [3.63, 3.8) is 0 Å². The van der Waals surface area contributed by atoms with Crippen molar-refractivity contribution < 1.29 is 5.11 Å². The number of hydrogen-bond donors (Lipinski definition) is 2. The van der Waals surface area contributed by atoms with Gasteiger partial charge >= 0.3 is 0 Å². The Bertz CT molecular complexity index is 846. The van der Waals surface area contributed by atoms with Crippen LogP contribution in [0, 0.1) is 0 Å². The van der Waals surface area contributed by atoms with Crippen molar-refractivity contribution in [2.24, 2.45) is 0 Å². The van der Waals surface area contributed by atoms with E-state index in [1.807, 2.05) is 43.4 Å². The maximum absolute atomic E-state index is 10.9. The van der Waals surface area contributed by atoms with Gasteiger partial charge in [0.15, 0.2) is 0 Å². The summed E-state index contributed by atoms with van der Waals surface area (Å²) < 4.78 is 2.27. The normalized spacial score (nSPS) is 24.8. The SMILES string of the molecule is CNC1CCCC(n2c3ccc(Cl)cc3c3cc(Cl)ccc32)C1O. The van der Waals surface area contributed by atoms with Crippen molar-refractivity contribution in [2.45, 2.75) is 37.5 Å². The second kappa shape index (κ2) is 6.23. The Morgan fingerprint density at radius 2 is 1.58 bits per heavy atom. The molecule has 1 aliphatic carbocycles. The van der Waals surface area contributed by atoms with Crippen molar-refractivity contribution in [1.82, 2.24) is 9.88 Å². The minimum absolute atomic E-state index is 0.0403. The second-order valence-corrected chi connectivity index (χ2v) is 7.45. The van der Waals surface area contributed by atoms with Crippen molar-refractivity contribution >= 4 is 45.0 Å². The number of fused-ring (bicyclic) bond motifs is 3. The molecule has 3 unspecified atom stereocenters. The predicted octanol–water partition coefficient (Wildman–Crippen LogP) is 4.78. The van der Waals surface area contributed by atoms with Gasteiger partial charge in [0.2, 0.25) is 0 Å². The summed E-state index contributed by atoms with van der Waals surface area (Å²) in [6, 6.07) is 12.0.